The van der Waals surface area contributed by atoms with Crippen LogP contribution in [0.25, 0.3) is 0 Å². The molecular formula is C20H23N3O3. The lowest BCUT2D eigenvalue weighted by atomic mass is 10.1. The van der Waals surface area contributed by atoms with Gasteiger partial charge >= 0.3 is 0 Å². The van der Waals surface area contributed by atoms with E-state index in [-0.39, 0.29) is 30.4 Å². The van der Waals surface area contributed by atoms with Gasteiger partial charge in [0.05, 0.1) is 5.71 Å². The molecule has 0 unspecified atom stereocenters. The highest BCUT2D eigenvalue weighted by Crippen LogP contribution is 2.16. The number of amides is 2. The molecule has 26 heavy (non-hydrogen) atoms. The van der Waals surface area contributed by atoms with Gasteiger partial charge in [-0.15, -0.1) is 0 Å². The number of benzene rings is 2. The predicted molar refractivity (Wildman–Crippen MR) is 102 cm³/mol. The van der Waals surface area contributed by atoms with E-state index in [1.165, 1.54) is 0 Å². The van der Waals surface area contributed by atoms with E-state index in [4.69, 9.17) is 0 Å². The third kappa shape index (κ3) is 5.73. The fourth-order valence-corrected chi connectivity index (χ4v) is 2.36. The first-order chi connectivity index (χ1) is 12.3. The van der Waals surface area contributed by atoms with Crippen molar-refractivity contribution in [2.24, 2.45) is 5.10 Å². The number of anilines is 1. The molecule has 6 heteroatoms. The Morgan fingerprint density at radius 2 is 1.65 bits per heavy atom. The van der Waals surface area contributed by atoms with Crippen LogP contribution in [0.3, 0.4) is 0 Å². The molecule has 0 heterocycles. The van der Waals surface area contributed by atoms with E-state index < -0.39 is 0 Å². The van der Waals surface area contributed by atoms with Gasteiger partial charge in [0.25, 0.3) is 0 Å². The van der Waals surface area contributed by atoms with Crippen LogP contribution in [0, 0.1) is 13.8 Å². The van der Waals surface area contributed by atoms with E-state index >= 15 is 0 Å². The Hall–Kier alpha value is -3.15. The van der Waals surface area contributed by atoms with Crippen LogP contribution in [0.5, 0.6) is 5.75 Å². The van der Waals surface area contributed by atoms with Crippen LogP contribution >= 0.6 is 0 Å². The molecule has 136 valence electrons. The second kappa shape index (κ2) is 8.80. The average molecular weight is 353 g/mol. The van der Waals surface area contributed by atoms with Crippen LogP contribution in [0.1, 0.15) is 36.5 Å². The number of hydrogen-bond donors (Lipinski definition) is 3. The Balaban J connectivity index is 1.81. The number of aromatic hydroxyl groups is 1. The summed E-state index contributed by atoms with van der Waals surface area (Å²) in [5.74, 6) is -0.384. The second-order valence-corrected chi connectivity index (χ2v) is 6.15. The third-order valence-corrected chi connectivity index (χ3v) is 3.87. The van der Waals surface area contributed by atoms with Gasteiger partial charge in [-0.25, -0.2) is 5.43 Å². The third-order valence-electron chi connectivity index (χ3n) is 3.87. The van der Waals surface area contributed by atoms with Crippen LogP contribution in [-0.4, -0.2) is 22.6 Å². The summed E-state index contributed by atoms with van der Waals surface area (Å²) in [5, 5.41) is 16.1. The van der Waals surface area contributed by atoms with Gasteiger partial charge in [-0.05, 0) is 62.2 Å². The van der Waals surface area contributed by atoms with Crippen LogP contribution in [0.4, 0.5) is 5.69 Å². The summed E-state index contributed by atoms with van der Waals surface area (Å²) in [6.45, 7) is 5.67. The molecule has 3 N–H and O–H groups in total. The molecular weight excluding hydrogens is 330 g/mol. The predicted octanol–water partition coefficient (Wildman–Crippen LogP) is 3.27. The van der Waals surface area contributed by atoms with Gasteiger partial charge in [0.15, 0.2) is 0 Å². The maximum atomic E-state index is 12.0. The quantitative estimate of drug-likeness (QED) is 0.550. The van der Waals surface area contributed by atoms with Crippen molar-refractivity contribution in [3.8, 4) is 5.75 Å². The molecule has 2 amide bonds. The molecule has 2 aromatic carbocycles. The molecule has 0 saturated heterocycles. The van der Waals surface area contributed by atoms with Crippen molar-refractivity contribution < 1.29 is 14.7 Å². The zero-order valence-corrected chi connectivity index (χ0v) is 15.2. The van der Waals surface area contributed by atoms with Crippen molar-refractivity contribution in [3.63, 3.8) is 0 Å². The Bertz CT molecular complexity index is 827. The maximum Gasteiger partial charge on any atom is 0.240 e. The molecule has 0 radical (unpaired) electrons. The minimum absolute atomic E-state index is 0.0447. The fraction of sp³-hybridized carbons (Fsp3) is 0.250. The number of carbonyl (C=O) groups excluding carboxylic acids is 2. The van der Waals surface area contributed by atoms with E-state index in [0.29, 0.717) is 5.71 Å². The van der Waals surface area contributed by atoms with Crippen LogP contribution in [0.2, 0.25) is 0 Å². The standard InChI is InChI=1S/C20H23N3O3/c1-13-4-9-18(14(2)12-13)21-19(25)10-11-20(26)23-22-15(3)16-5-7-17(24)8-6-16/h4-9,12,24H,10-11H2,1-3H3,(H,21,25)(H,23,26)/b22-15+. The summed E-state index contributed by atoms with van der Waals surface area (Å²) >= 11 is 0. The number of rotatable bonds is 6. The molecule has 0 saturated carbocycles. The highest BCUT2D eigenvalue weighted by Gasteiger charge is 2.08. The normalized spacial score (nSPS) is 11.1. The highest BCUT2D eigenvalue weighted by atomic mass is 16.3. The van der Waals surface area contributed by atoms with Gasteiger partial charge in [-0.3, -0.25) is 9.59 Å². The molecule has 2 aromatic rings. The molecule has 0 aliphatic heterocycles. The Morgan fingerprint density at radius 1 is 1.00 bits per heavy atom. The van der Waals surface area contributed by atoms with E-state index in [1.54, 1.807) is 31.2 Å². The van der Waals surface area contributed by atoms with Crippen LogP contribution in [-0.2, 0) is 9.59 Å². The van der Waals surface area contributed by atoms with Crippen molar-refractivity contribution >= 4 is 23.2 Å². The van der Waals surface area contributed by atoms with Gasteiger partial charge < -0.3 is 10.4 Å². The summed E-state index contributed by atoms with van der Waals surface area (Å²) in [5.41, 5.74) is 6.70. The van der Waals surface area contributed by atoms with E-state index in [9.17, 15) is 14.7 Å². The van der Waals surface area contributed by atoms with Crippen molar-refractivity contribution in [2.45, 2.75) is 33.6 Å². The van der Waals surface area contributed by atoms with Gasteiger partial charge in [-0.1, -0.05) is 17.7 Å². The van der Waals surface area contributed by atoms with Crippen molar-refractivity contribution in [1.29, 1.82) is 0 Å². The lowest BCUT2D eigenvalue weighted by Gasteiger charge is -2.09. The molecule has 0 spiro atoms. The Labute approximate surface area is 152 Å². The van der Waals surface area contributed by atoms with Crippen LogP contribution in [0.15, 0.2) is 47.6 Å². The van der Waals surface area contributed by atoms with Gasteiger partial charge in [0.2, 0.25) is 11.8 Å². The Kier molecular flexibility index (Phi) is 6.49. The number of hydrazone groups is 1. The minimum atomic E-state index is -0.334. The first-order valence-corrected chi connectivity index (χ1v) is 8.35. The summed E-state index contributed by atoms with van der Waals surface area (Å²) < 4.78 is 0. The minimum Gasteiger partial charge on any atom is -0.508 e. The summed E-state index contributed by atoms with van der Waals surface area (Å²) in [6, 6.07) is 12.3. The number of aryl methyl sites for hydroxylation is 2. The maximum absolute atomic E-state index is 12.0. The molecule has 0 aliphatic rings. The first kappa shape index (κ1) is 19.2. The van der Waals surface area contributed by atoms with Crippen molar-refractivity contribution in [3.05, 3.63) is 59.2 Å². The van der Waals surface area contributed by atoms with Gasteiger partial charge in [0, 0.05) is 18.5 Å². The fourth-order valence-electron chi connectivity index (χ4n) is 2.36. The number of phenolic OH excluding ortho intramolecular Hbond substituents is 1. The number of nitrogens with one attached hydrogen (secondary N) is 2. The average Bonchev–Trinajstić information content (AvgIpc) is 2.61. The highest BCUT2D eigenvalue weighted by molar-refractivity contribution is 5.99. The lowest BCUT2D eigenvalue weighted by molar-refractivity contribution is -0.124. The molecule has 0 aliphatic carbocycles. The summed E-state index contributed by atoms with van der Waals surface area (Å²) in [7, 11) is 0. The molecule has 2 rings (SSSR count). The number of carbonyl (C=O) groups is 2. The molecule has 0 bridgehead atoms. The van der Waals surface area contributed by atoms with E-state index in [1.807, 2.05) is 32.0 Å². The van der Waals surface area contributed by atoms with Crippen molar-refractivity contribution in [1.82, 2.24) is 5.43 Å². The zero-order valence-electron chi connectivity index (χ0n) is 15.2. The molecule has 0 aromatic heterocycles. The summed E-state index contributed by atoms with van der Waals surface area (Å²) in [4.78, 5) is 23.9. The lowest BCUT2D eigenvalue weighted by Crippen LogP contribution is -2.22. The summed E-state index contributed by atoms with van der Waals surface area (Å²) in [6.07, 6.45) is 0.121. The first-order valence-electron chi connectivity index (χ1n) is 8.35. The molecule has 6 nitrogen and oxygen atoms in total. The smallest absolute Gasteiger partial charge is 0.240 e. The molecule has 0 fully saturated rings. The SMILES string of the molecule is C/C(=N\NC(=O)CCC(=O)Nc1ccc(C)cc1C)c1ccc(O)cc1. The number of hydrogen-bond acceptors (Lipinski definition) is 4. The van der Waals surface area contributed by atoms with E-state index in [2.05, 4.69) is 15.8 Å². The molecule has 0 atom stereocenters. The van der Waals surface area contributed by atoms with Gasteiger partial charge in [0.1, 0.15) is 5.75 Å². The monoisotopic (exact) mass is 353 g/mol. The van der Waals surface area contributed by atoms with Crippen molar-refractivity contribution in [2.75, 3.05) is 5.32 Å². The second-order valence-electron chi connectivity index (χ2n) is 6.15. The number of nitrogens with zero attached hydrogens (tertiary/aromatic N) is 1. The van der Waals surface area contributed by atoms with E-state index in [0.717, 1.165) is 22.4 Å². The Morgan fingerprint density at radius 3 is 2.31 bits per heavy atom. The largest absolute Gasteiger partial charge is 0.508 e. The van der Waals surface area contributed by atoms with Crippen LogP contribution < -0.4 is 10.7 Å². The zero-order chi connectivity index (χ0) is 19.1. The topological polar surface area (TPSA) is 90.8 Å². The van der Waals surface area contributed by atoms with Gasteiger partial charge in [-0.2, -0.15) is 5.10 Å². The number of phenols is 1.